The van der Waals surface area contributed by atoms with Crippen molar-refractivity contribution in [2.75, 3.05) is 0 Å². The second-order valence-corrected chi connectivity index (χ2v) is 3.37. The molecular formula is C9H6BrClO. The van der Waals surface area contributed by atoms with Gasteiger partial charge < -0.3 is 0 Å². The smallest absolute Gasteiger partial charge is 0.186 e. The van der Waals surface area contributed by atoms with Crippen LogP contribution in [0.1, 0.15) is 10.4 Å². The molecule has 0 N–H and O–H groups in total. The van der Waals surface area contributed by atoms with Crippen molar-refractivity contribution in [3.63, 3.8) is 0 Å². The predicted molar refractivity (Wildman–Crippen MR) is 53.7 cm³/mol. The third kappa shape index (κ3) is 1.76. The number of rotatable bonds is 2. The lowest BCUT2D eigenvalue weighted by molar-refractivity contribution is 0.104. The number of allylic oxidation sites excluding steroid dienone is 1. The van der Waals surface area contributed by atoms with Crippen molar-refractivity contribution in [2.45, 2.75) is 0 Å². The van der Waals surface area contributed by atoms with E-state index >= 15 is 0 Å². The number of carbonyl (C=O) groups is 1. The zero-order chi connectivity index (χ0) is 9.14. The molecule has 0 saturated heterocycles. The molecule has 0 bridgehead atoms. The quantitative estimate of drug-likeness (QED) is 0.576. The van der Waals surface area contributed by atoms with Crippen LogP contribution in [0.2, 0.25) is 5.02 Å². The van der Waals surface area contributed by atoms with Gasteiger partial charge in [-0.05, 0) is 34.1 Å². The number of halogens is 2. The molecule has 0 aromatic heterocycles. The second-order valence-electron chi connectivity index (χ2n) is 2.17. The summed E-state index contributed by atoms with van der Waals surface area (Å²) < 4.78 is 0.622. The van der Waals surface area contributed by atoms with Gasteiger partial charge >= 0.3 is 0 Å². The first-order valence-corrected chi connectivity index (χ1v) is 4.44. The largest absolute Gasteiger partial charge is 0.289 e. The Balaban J connectivity index is 3.25. The maximum absolute atomic E-state index is 11.2. The monoisotopic (exact) mass is 244 g/mol. The predicted octanol–water partition coefficient (Wildman–Crippen LogP) is 3.47. The number of carbonyl (C=O) groups excluding carboxylic acids is 1. The van der Waals surface area contributed by atoms with Gasteiger partial charge in [-0.3, -0.25) is 4.79 Å². The van der Waals surface area contributed by atoms with Crippen LogP contribution in [0.3, 0.4) is 0 Å². The zero-order valence-electron chi connectivity index (χ0n) is 6.18. The Morgan fingerprint density at radius 2 is 2.25 bits per heavy atom. The molecule has 62 valence electrons. The first kappa shape index (κ1) is 9.49. The van der Waals surface area contributed by atoms with Crippen molar-refractivity contribution in [1.82, 2.24) is 0 Å². The summed E-state index contributed by atoms with van der Waals surface area (Å²) in [6.07, 6.45) is 1.26. The lowest BCUT2D eigenvalue weighted by atomic mass is 10.1. The van der Waals surface area contributed by atoms with Gasteiger partial charge in [0.05, 0.1) is 5.02 Å². The fourth-order valence-corrected chi connectivity index (χ4v) is 1.44. The first-order chi connectivity index (χ1) is 5.66. The van der Waals surface area contributed by atoms with Crippen LogP contribution in [0.4, 0.5) is 0 Å². The lowest BCUT2D eigenvalue weighted by Gasteiger charge is -2.00. The van der Waals surface area contributed by atoms with Gasteiger partial charge in [0, 0.05) is 10.0 Å². The first-order valence-electron chi connectivity index (χ1n) is 3.27. The molecule has 1 rings (SSSR count). The SMILES string of the molecule is C=CC(=O)c1cccc(Cl)c1Br. The van der Waals surface area contributed by atoms with Crippen LogP contribution < -0.4 is 0 Å². The maximum Gasteiger partial charge on any atom is 0.186 e. The van der Waals surface area contributed by atoms with Crippen molar-refractivity contribution in [1.29, 1.82) is 0 Å². The summed E-state index contributed by atoms with van der Waals surface area (Å²) in [5.74, 6) is -0.135. The van der Waals surface area contributed by atoms with Gasteiger partial charge in [-0.25, -0.2) is 0 Å². The average Bonchev–Trinajstić information content (AvgIpc) is 2.08. The minimum atomic E-state index is -0.135. The molecule has 0 aliphatic heterocycles. The van der Waals surface area contributed by atoms with E-state index in [1.165, 1.54) is 6.08 Å². The van der Waals surface area contributed by atoms with Crippen LogP contribution in [0, 0.1) is 0 Å². The fraction of sp³-hybridized carbons (Fsp3) is 0. The molecule has 0 heterocycles. The van der Waals surface area contributed by atoms with E-state index in [2.05, 4.69) is 22.5 Å². The highest BCUT2D eigenvalue weighted by atomic mass is 79.9. The normalized spacial score (nSPS) is 9.50. The summed E-state index contributed by atoms with van der Waals surface area (Å²) in [4.78, 5) is 11.2. The molecule has 3 heteroatoms. The molecule has 0 atom stereocenters. The molecule has 1 aromatic rings. The van der Waals surface area contributed by atoms with Gasteiger partial charge in [0.15, 0.2) is 5.78 Å². The van der Waals surface area contributed by atoms with E-state index in [0.29, 0.717) is 15.1 Å². The van der Waals surface area contributed by atoms with Gasteiger partial charge in [-0.1, -0.05) is 24.2 Å². The van der Waals surface area contributed by atoms with Crippen molar-refractivity contribution in [3.05, 3.63) is 45.9 Å². The summed E-state index contributed by atoms with van der Waals surface area (Å²) in [6, 6.07) is 5.13. The van der Waals surface area contributed by atoms with E-state index < -0.39 is 0 Å². The van der Waals surface area contributed by atoms with Gasteiger partial charge in [-0.2, -0.15) is 0 Å². The van der Waals surface area contributed by atoms with Crippen molar-refractivity contribution in [2.24, 2.45) is 0 Å². The third-order valence-electron chi connectivity index (χ3n) is 1.40. The molecule has 0 fully saturated rings. The van der Waals surface area contributed by atoms with Crippen LogP contribution in [0.5, 0.6) is 0 Å². The number of hydrogen-bond acceptors (Lipinski definition) is 1. The number of ketones is 1. The van der Waals surface area contributed by atoms with Gasteiger partial charge in [-0.15, -0.1) is 0 Å². The van der Waals surface area contributed by atoms with Crippen LogP contribution in [-0.2, 0) is 0 Å². The highest BCUT2D eigenvalue weighted by Crippen LogP contribution is 2.26. The van der Waals surface area contributed by atoms with Gasteiger partial charge in [0.2, 0.25) is 0 Å². The lowest BCUT2D eigenvalue weighted by Crippen LogP contribution is -1.94. The second kappa shape index (κ2) is 3.87. The Morgan fingerprint density at radius 1 is 1.58 bits per heavy atom. The zero-order valence-corrected chi connectivity index (χ0v) is 8.52. The van der Waals surface area contributed by atoms with Crippen LogP contribution in [0.15, 0.2) is 35.3 Å². The summed E-state index contributed by atoms with van der Waals surface area (Å²) in [5, 5.41) is 0.530. The van der Waals surface area contributed by atoms with Crippen LogP contribution >= 0.6 is 27.5 Å². The fourth-order valence-electron chi connectivity index (χ4n) is 0.804. The molecule has 0 saturated carbocycles. The third-order valence-corrected chi connectivity index (χ3v) is 2.80. The van der Waals surface area contributed by atoms with Crippen LogP contribution in [-0.4, -0.2) is 5.78 Å². The summed E-state index contributed by atoms with van der Waals surface area (Å²) in [7, 11) is 0. The Labute approximate surface area is 84.2 Å². The summed E-state index contributed by atoms with van der Waals surface area (Å²) >= 11 is 9.00. The minimum absolute atomic E-state index is 0.135. The number of benzene rings is 1. The molecule has 0 unspecified atom stereocenters. The van der Waals surface area contributed by atoms with E-state index in [1.807, 2.05) is 0 Å². The maximum atomic E-state index is 11.2. The van der Waals surface area contributed by atoms with E-state index in [0.717, 1.165) is 0 Å². The molecule has 0 aliphatic carbocycles. The molecule has 1 aromatic carbocycles. The molecule has 0 aliphatic rings. The average molecular weight is 246 g/mol. The van der Waals surface area contributed by atoms with Gasteiger partial charge in [0.1, 0.15) is 0 Å². The van der Waals surface area contributed by atoms with E-state index in [1.54, 1.807) is 18.2 Å². The topological polar surface area (TPSA) is 17.1 Å². The van der Waals surface area contributed by atoms with E-state index in [-0.39, 0.29) is 5.78 Å². The van der Waals surface area contributed by atoms with Crippen LogP contribution in [0.25, 0.3) is 0 Å². The Kier molecular flexibility index (Phi) is 3.06. The Bertz CT molecular complexity index is 333. The van der Waals surface area contributed by atoms with Crippen molar-refractivity contribution in [3.8, 4) is 0 Å². The molecule has 12 heavy (non-hydrogen) atoms. The molecular weight excluding hydrogens is 239 g/mol. The molecule has 1 nitrogen and oxygen atoms in total. The summed E-state index contributed by atoms with van der Waals surface area (Å²) in [6.45, 7) is 3.39. The molecule has 0 spiro atoms. The van der Waals surface area contributed by atoms with Crippen molar-refractivity contribution >= 4 is 33.3 Å². The summed E-state index contributed by atoms with van der Waals surface area (Å²) in [5.41, 5.74) is 0.539. The van der Waals surface area contributed by atoms with Crippen molar-refractivity contribution < 1.29 is 4.79 Å². The standard InChI is InChI=1S/C9H6BrClO/c1-2-8(12)6-4-3-5-7(11)9(6)10/h2-5H,1H2. The highest BCUT2D eigenvalue weighted by Gasteiger charge is 2.07. The Morgan fingerprint density at radius 3 is 2.83 bits per heavy atom. The van der Waals surface area contributed by atoms with E-state index in [9.17, 15) is 4.79 Å². The van der Waals surface area contributed by atoms with Gasteiger partial charge in [0.25, 0.3) is 0 Å². The Hall–Kier alpha value is -0.600. The molecule has 0 amide bonds. The minimum Gasteiger partial charge on any atom is -0.289 e. The highest BCUT2D eigenvalue weighted by molar-refractivity contribution is 9.10. The number of hydrogen-bond donors (Lipinski definition) is 0. The molecule has 0 radical (unpaired) electrons. The van der Waals surface area contributed by atoms with E-state index in [4.69, 9.17) is 11.6 Å².